The lowest BCUT2D eigenvalue weighted by atomic mass is 10.1. The molecule has 0 unspecified atom stereocenters. The highest BCUT2D eigenvalue weighted by Crippen LogP contribution is 2.35. The van der Waals surface area contributed by atoms with Gasteiger partial charge in [0.2, 0.25) is 6.79 Å². The van der Waals surface area contributed by atoms with Crippen LogP contribution in [0.3, 0.4) is 0 Å². The van der Waals surface area contributed by atoms with Gasteiger partial charge >= 0.3 is 0 Å². The summed E-state index contributed by atoms with van der Waals surface area (Å²) in [4.78, 5) is 0. The van der Waals surface area contributed by atoms with Gasteiger partial charge < -0.3 is 19.5 Å². The van der Waals surface area contributed by atoms with E-state index in [2.05, 4.69) is 29.6 Å². The second-order valence-corrected chi connectivity index (χ2v) is 4.97. The Morgan fingerprint density at radius 3 is 2.57 bits per heavy atom. The SMILES string of the molecule is CNCCc1ccc(COc2ccc3c(c2)OCO3)cc1. The lowest BCUT2D eigenvalue weighted by Crippen LogP contribution is -2.10. The number of hydrogen-bond acceptors (Lipinski definition) is 4. The number of nitrogens with one attached hydrogen (secondary N) is 1. The van der Waals surface area contributed by atoms with Crippen molar-refractivity contribution in [3.63, 3.8) is 0 Å². The van der Waals surface area contributed by atoms with Crippen LogP contribution in [0.5, 0.6) is 17.2 Å². The lowest BCUT2D eigenvalue weighted by molar-refractivity contribution is 0.173. The van der Waals surface area contributed by atoms with Crippen LogP contribution in [0.4, 0.5) is 0 Å². The Bertz CT molecular complexity index is 595. The second-order valence-electron chi connectivity index (χ2n) is 4.97. The Labute approximate surface area is 124 Å². The van der Waals surface area contributed by atoms with Gasteiger partial charge in [-0.15, -0.1) is 0 Å². The third kappa shape index (κ3) is 3.47. The fraction of sp³-hybridized carbons (Fsp3) is 0.294. The van der Waals surface area contributed by atoms with E-state index in [1.807, 2.05) is 25.2 Å². The number of likely N-dealkylation sites (N-methyl/N-ethyl adjacent to an activating group) is 1. The van der Waals surface area contributed by atoms with Gasteiger partial charge in [-0.2, -0.15) is 0 Å². The van der Waals surface area contributed by atoms with Gasteiger partial charge in [-0.05, 0) is 43.3 Å². The monoisotopic (exact) mass is 285 g/mol. The Morgan fingerprint density at radius 2 is 1.76 bits per heavy atom. The number of hydrogen-bond donors (Lipinski definition) is 1. The van der Waals surface area contributed by atoms with Crippen LogP contribution in [-0.4, -0.2) is 20.4 Å². The van der Waals surface area contributed by atoms with Gasteiger partial charge in [0.1, 0.15) is 12.4 Å². The minimum atomic E-state index is 0.285. The Morgan fingerprint density at radius 1 is 1.00 bits per heavy atom. The molecule has 0 aromatic heterocycles. The Kier molecular flexibility index (Phi) is 4.26. The van der Waals surface area contributed by atoms with E-state index in [0.717, 1.165) is 35.8 Å². The maximum Gasteiger partial charge on any atom is 0.231 e. The molecule has 4 heteroatoms. The van der Waals surface area contributed by atoms with Crippen molar-refractivity contribution in [1.29, 1.82) is 0 Å². The van der Waals surface area contributed by atoms with Crippen LogP contribution in [0.25, 0.3) is 0 Å². The minimum Gasteiger partial charge on any atom is -0.489 e. The first-order chi connectivity index (χ1) is 10.3. The molecule has 4 nitrogen and oxygen atoms in total. The largest absolute Gasteiger partial charge is 0.489 e. The highest BCUT2D eigenvalue weighted by atomic mass is 16.7. The normalized spacial score (nSPS) is 12.4. The number of rotatable bonds is 6. The first-order valence-electron chi connectivity index (χ1n) is 7.10. The Hall–Kier alpha value is -2.20. The summed E-state index contributed by atoms with van der Waals surface area (Å²) in [6.07, 6.45) is 1.04. The highest BCUT2D eigenvalue weighted by molar-refractivity contribution is 5.46. The third-order valence-corrected chi connectivity index (χ3v) is 3.44. The van der Waals surface area contributed by atoms with Crippen molar-refractivity contribution >= 4 is 0 Å². The summed E-state index contributed by atoms with van der Waals surface area (Å²) in [6.45, 7) is 1.83. The van der Waals surface area contributed by atoms with E-state index in [1.165, 1.54) is 5.56 Å². The van der Waals surface area contributed by atoms with Crippen LogP contribution in [-0.2, 0) is 13.0 Å². The molecule has 0 atom stereocenters. The topological polar surface area (TPSA) is 39.7 Å². The standard InChI is InChI=1S/C17H19NO3/c1-18-9-8-13-2-4-14(5-3-13)11-19-15-6-7-16-17(10-15)21-12-20-16/h2-7,10,18H,8-9,11-12H2,1H3. The van der Waals surface area contributed by atoms with Crippen molar-refractivity contribution < 1.29 is 14.2 Å². The van der Waals surface area contributed by atoms with E-state index in [-0.39, 0.29) is 6.79 Å². The van der Waals surface area contributed by atoms with Gasteiger partial charge in [-0.1, -0.05) is 24.3 Å². The van der Waals surface area contributed by atoms with E-state index in [1.54, 1.807) is 0 Å². The van der Waals surface area contributed by atoms with Gasteiger partial charge in [0, 0.05) is 6.07 Å². The first kappa shape index (κ1) is 13.8. The van der Waals surface area contributed by atoms with Crippen molar-refractivity contribution in [3.05, 3.63) is 53.6 Å². The van der Waals surface area contributed by atoms with E-state index in [9.17, 15) is 0 Å². The summed E-state index contributed by atoms with van der Waals surface area (Å²) in [7, 11) is 1.97. The first-order valence-corrected chi connectivity index (χ1v) is 7.10. The second kappa shape index (κ2) is 6.50. The van der Waals surface area contributed by atoms with E-state index >= 15 is 0 Å². The fourth-order valence-corrected chi connectivity index (χ4v) is 2.20. The molecule has 0 saturated heterocycles. The van der Waals surface area contributed by atoms with Crippen LogP contribution in [0.1, 0.15) is 11.1 Å². The van der Waals surface area contributed by atoms with Gasteiger partial charge in [0.25, 0.3) is 0 Å². The zero-order valence-corrected chi connectivity index (χ0v) is 12.1. The average Bonchev–Trinajstić information content (AvgIpc) is 2.99. The van der Waals surface area contributed by atoms with Crippen LogP contribution in [0.2, 0.25) is 0 Å². The van der Waals surface area contributed by atoms with Crippen molar-refractivity contribution in [3.8, 4) is 17.2 Å². The molecule has 1 N–H and O–H groups in total. The Balaban J connectivity index is 1.57. The van der Waals surface area contributed by atoms with Crippen LogP contribution in [0.15, 0.2) is 42.5 Å². The minimum absolute atomic E-state index is 0.285. The van der Waals surface area contributed by atoms with Crippen molar-refractivity contribution in [1.82, 2.24) is 5.32 Å². The quantitative estimate of drug-likeness (QED) is 0.886. The van der Waals surface area contributed by atoms with Gasteiger partial charge in [0.15, 0.2) is 11.5 Å². The summed E-state index contributed by atoms with van der Waals surface area (Å²) in [6, 6.07) is 14.2. The molecule has 1 aliphatic heterocycles. The molecule has 3 rings (SSSR count). The molecule has 0 spiro atoms. The lowest BCUT2D eigenvalue weighted by Gasteiger charge is -2.08. The molecule has 1 heterocycles. The van der Waals surface area contributed by atoms with Gasteiger partial charge in [0.05, 0.1) is 0 Å². The highest BCUT2D eigenvalue weighted by Gasteiger charge is 2.13. The molecule has 2 aromatic rings. The summed E-state index contributed by atoms with van der Waals surface area (Å²) in [5.41, 5.74) is 2.48. The molecule has 0 bridgehead atoms. The molecule has 2 aromatic carbocycles. The summed E-state index contributed by atoms with van der Waals surface area (Å²) in [5, 5.41) is 3.15. The van der Waals surface area contributed by atoms with E-state index in [4.69, 9.17) is 14.2 Å². The van der Waals surface area contributed by atoms with Crippen molar-refractivity contribution in [2.45, 2.75) is 13.0 Å². The van der Waals surface area contributed by atoms with Crippen molar-refractivity contribution in [2.75, 3.05) is 20.4 Å². The molecule has 21 heavy (non-hydrogen) atoms. The van der Waals surface area contributed by atoms with Crippen LogP contribution in [0, 0.1) is 0 Å². The number of ether oxygens (including phenoxy) is 3. The molecule has 0 amide bonds. The number of benzene rings is 2. The summed E-state index contributed by atoms with van der Waals surface area (Å²) in [5.74, 6) is 2.31. The summed E-state index contributed by atoms with van der Waals surface area (Å²) < 4.78 is 16.4. The molecule has 0 saturated carbocycles. The molecule has 0 fully saturated rings. The average molecular weight is 285 g/mol. The molecule has 0 aliphatic carbocycles. The molecule has 110 valence electrons. The van der Waals surface area contributed by atoms with Crippen molar-refractivity contribution in [2.24, 2.45) is 0 Å². The van der Waals surface area contributed by atoms with Gasteiger partial charge in [-0.25, -0.2) is 0 Å². The fourth-order valence-electron chi connectivity index (χ4n) is 2.20. The zero-order chi connectivity index (χ0) is 14.5. The molecule has 1 aliphatic rings. The smallest absolute Gasteiger partial charge is 0.231 e. The van der Waals surface area contributed by atoms with Crippen LogP contribution < -0.4 is 19.5 Å². The maximum absolute atomic E-state index is 5.79. The van der Waals surface area contributed by atoms with E-state index < -0.39 is 0 Å². The third-order valence-electron chi connectivity index (χ3n) is 3.44. The van der Waals surface area contributed by atoms with Crippen LogP contribution >= 0.6 is 0 Å². The van der Waals surface area contributed by atoms with Gasteiger partial charge in [-0.3, -0.25) is 0 Å². The molecular formula is C17H19NO3. The predicted octanol–water partition coefficient (Wildman–Crippen LogP) is 2.76. The molecular weight excluding hydrogens is 266 g/mol. The zero-order valence-electron chi connectivity index (χ0n) is 12.1. The maximum atomic E-state index is 5.79. The van der Waals surface area contributed by atoms with E-state index in [0.29, 0.717) is 6.61 Å². The number of fused-ring (bicyclic) bond motifs is 1. The summed E-state index contributed by atoms with van der Waals surface area (Å²) >= 11 is 0. The molecule has 0 radical (unpaired) electrons. The predicted molar refractivity (Wildman–Crippen MR) is 81.0 cm³/mol.